The molecule has 0 heterocycles. The topological polar surface area (TPSA) is 99.4 Å². The number of nitrogens with one attached hydrogen (secondary N) is 1. The first kappa shape index (κ1) is 17.8. The van der Waals surface area contributed by atoms with Gasteiger partial charge >= 0.3 is 5.97 Å². The van der Waals surface area contributed by atoms with E-state index in [0.29, 0.717) is 11.3 Å². The number of anilines is 1. The normalized spacial score (nSPS) is 10.7. The number of carbonyl (C=O) groups is 2. The van der Waals surface area contributed by atoms with Gasteiger partial charge < -0.3 is 15.2 Å². The molecule has 0 aromatic heterocycles. The number of nitriles is 1. The third-order valence-electron chi connectivity index (χ3n) is 3.44. The van der Waals surface area contributed by atoms with Crippen LogP contribution in [-0.4, -0.2) is 24.1 Å². The molecule has 0 aliphatic heterocycles. The number of carbonyl (C=O) groups excluding carboxylic acids is 1. The summed E-state index contributed by atoms with van der Waals surface area (Å²) in [6.07, 6.45) is 1.33. The van der Waals surface area contributed by atoms with Crippen LogP contribution in [0.3, 0.4) is 0 Å². The van der Waals surface area contributed by atoms with Crippen molar-refractivity contribution in [2.75, 3.05) is 12.4 Å². The first-order chi connectivity index (χ1) is 11.9. The monoisotopic (exact) mass is 336 g/mol. The van der Waals surface area contributed by atoms with Gasteiger partial charge in [-0.05, 0) is 42.8 Å². The Hall–Kier alpha value is -3.59. The maximum absolute atomic E-state index is 12.2. The van der Waals surface area contributed by atoms with Gasteiger partial charge in [-0.15, -0.1) is 0 Å². The van der Waals surface area contributed by atoms with Gasteiger partial charge in [-0.2, -0.15) is 5.26 Å². The summed E-state index contributed by atoms with van der Waals surface area (Å²) in [7, 11) is 1.37. The quantitative estimate of drug-likeness (QED) is 0.645. The molecule has 0 aliphatic carbocycles. The lowest BCUT2D eigenvalue weighted by atomic mass is 10.1. The number of hydrogen-bond donors (Lipinski definition) is 2. The summed E-state index contributed by atoms with van der Waals surface area (Å²) in [5.41, 5.74) is 1.84. The first-order valence-corrected chi connectivity index (χ1v) is 7.35. The molecule has 0 unspecified atom stereocenters. The van der Waals surface area contributed by atoms with Gasteiger partial charge in [0.2, 0.25) is 0 Å². The smallest absolute Gasteiger partial charge is 0.339 e. The average molecular weight is 336 g/mol. The van der Waals surface area contributed by atoms with Crippen molar-refractivity contribution in [2.24, 2.45) is 0 Å². The van der Waals surface area contributed by atoms with Gasteiger partial charge in [0.15, 0.2) is 0 Å². The van der Waals surface area contributed by atoms with Gasteiger partial charge in [0.1, 0.15) is 23.0 Å². The maximum atomic E-state index is 12.2. The Balaban J connectivity index is 2.29. The van der Waals surface area contributed by atoms with Crippen LogP contribution < -0.4 is 10.1 Å². The largest absolute Gasteiger partial charge is 0.496 e. The molecule has 0 radical (unpaired) electrons. The number of rotatable bonds is 5. The van der Waals surface area contributed by atoms with Crippen molar-refractivity contribution in [3.05, 3.63) is 64.7 Å². The number of aromatic carboxylic acids is 1. The van der Waals surface area contributed by atoms with Crippen molar-refractivity contribution < 1.29 is 19.4 Å². The van der Waals surface area contributed by atoms with E-state index in [4.69, 9.17) is 4.74 Å². The molecule has 0 saturated heterocycles. The third kappa shape index (κ3) is 4.45. The highest BCUT2D eigenvalue weighted by atomic mass is 16.5. The summed E-state index contributed by atoms with van der Waals surface area (Å²) in [4.78, 5) is 23.5. The fourth-order valence-electron chi connectivity index (χ4n) is 2.13. The van der Waals surface area contributed by atoms with E-state index in [1.54, 1.807) is 18.2 Å². The molecule has 2 aromatic carbocycles. The van der Waals surface area contributed by atoms with Crippen molar-refractivity contribution >= 4 is 23.6 Å². The number of carboxylic acid groups (broad SMARTS) is 1. The average Bonchev–Trinajstić information content (AvgIpc) is 2.61. The molecule has 0 aliphatic rings. The van der Waals surface area contributed by atoms with E-state index in [1.165, 1.54) is 25.3 Å². The molecule has 126 valence electrons. The Labute approximate surface area is 145 Å². The molecule has 0 atom stereocenters. The number of hydrogen-bond acceptors (Lipinski definition) is 4. The third-order valence-corrected chi connectivity index (χ3v) is 3.44. The molecule has 1 amide bonds. The standard InChI is InChI=1S/C19H16N2O4/c1-12-3-6-15(7-4-12)21-18(22)14(11-20)9-13-5-8-17(25-2)16(10-13)19(23)24/h3-10H,1-2H3,(H,21,22)(H,23,24)/b14-9-. The fraction of sp³-hybridized carbons (Fsp3) is 0.105. The molecule has 0 fully saturated rings. The van der Waals surface area contributed by atoms with Gasteiger partial charge in [0.05, 0.1) is 7.11 Å². The molecule has 25 heavy (non-hydrogen) atoms. The zero-order chi connectivity index (χ0) is 18.4. The van der Waals surface area contributed by atoms with Crippen LogP contribution >= 0.6 is 0 Å². The van der Waals surface area contributed by atoms with Gasteiger partial charge in [-0.3, -0.25) is 4.79 Å². The van der Waals surface area contributed by atoms with Crippen molar-refractivity contribution in [1.29, 1.82) is 5.26 Å². The van der Waals surface area contributed by atoms with Crippen LogP contribution in [0.1, 0.15) is 21.5 Å². The molecular formula is C19H16N2O4. The van der Waals surface area contributed by atoms with Crippen molar-refractivity contribution in [2.45, 2.75) is 6.92 Å². The summed E-state index contributed by atoms with van der Waals surface area (Å²) >= 11 is 0. The first-order valence-electron chi connectivity index (χ1n) is 7.35. The van der Waals surface area contributed by atoms with Crippen LogP contribution in [0.4, 0.5) is 5.69 Å². The lowest BCUT2D eigenvalue weighted by Gasteiger charge is -2.07. The van der Waals surface area contributed by atoms with Crippen LogP contribution in [0, 0.1) is 18.3 Å². The van der Waals surface area contributed by atoms with Gasteiger partial charge in [0.25, 0.3) is 5.91 Å². The molecule has 6 nitrogen and oxygen atoms in total. The summed E-state index contributed by atoms with van der Waals surface area (Å²) in [5.74, 6) is -1.53. The van der Waals surface area contributed by atoms with E-state index in [1.807, 2.05) is 25.1 Å². The Morgan fingerprint density at radius 3 is 2.44 bits per heavy atom. The van der Waals surface area contributed by atoms with Gasteiger partial charge in [-0.25, -0.2) is 4.79 Å². The molecule has 0 saturated carbocycles. The predicted molar refractivity (Wildman–Crippen MR) is 93.4 cm³/mol. The molecular weight excluding hydrogens is 320 g/mol. The minimum absolute atomic E-state index is 0.0486. The van der Waals surface area contributed by atoms with Gasteiger partial charge in [0, 0.05) is 5.69 Å². The number of nitrogens with zero attached hydrogens (tertiary/aromatic N) is 1. The number of amides is 1. The molecule has 6 heteroatoms. The lowest BCUT2D eigenvalue weighted by molar-refractivity contribution is -0.112. The van der Waals surface area contributed by atoms with Crippen LogP contribution in [0.5, 0.6) is 5.75 Å². The number of benzene rings is 2. The second kappa shape index (κ2) is 7.79. The molecule has 0 bridgehead atoms. The van der Waals surface area contributed by atoms with E-state index in [2.05, 4.69) is 5.32 Å². The van der Waals surface area contributed by atoms with E-state index in [0.717, 1.165) is 5.56 Å². The van der Waals surface area contributed by atoms with Crippen LogP contribution in [0.25, 0.3) is 6.08 Å². The number of carboxylic acids is 1. The van der Waals surface area contributed by atoms with Crippen molar-refractivity contribution in [1.82, 2.24) is 0 Å². The van der Waals surface area contributed by atoms with Crippen molar-refractivity contribution in [3.63, 3.8) is 0 Å². The molecule has 0 spiro atoms. The minimum Gasteiger partial charge on any atom is -0.496 e. The summed E-state index contributed by atoms with van der Waals surface area (Å²) in [6, 6.07) is 13.4. The fourth-order valence-corrected chi connectivity index (χ4v) is 2.13. The van der Waals surface area contributed by atoms with Crippen molar-refractivity contribution in [3.8, 4) is 11.8 Å². The number of aryl methyl sites for hydroxylation is 1. The SMILES string of the molecule is COc1ccc(/C=C(/C#N)C(=O)Nc2ccc(C)cc2)cc1C(=O)O. The van der Waals surface area contributed by atoms with E-state index in [-0.39, 0.29) is 16.9 Å². The van der Waals surface area contributed by atoms with E-state index < -0.39 is 11.9 Å². The highest BCUT2D eigenvalue weighted by molar-refractivity contribution is 6.09. The Morgan fingerprint density at radius 1 is 1.20 bits per heavy atom. The second-order valence-electron chi connectivity index (χ2n) is 5.25. The molecule has 2 aromatic rings. The predicted octanol–water partition coefficient (Wildman–Crippen LogP) is 3.25. The second-order valence-corrected chi connectivity index (χ2v) is 5.25. The molecule has 2 rings (SSSR count). The minimum atomic E-state index is -1.16. The molecule has 2 N–H and O–H groups in total. The maximum Gasteiger partial charge on any atom is 0.339 e. The summed E-state index contributed by atoms with van der Waals surface area (Å²) in [5, 5.41) is 21.1. The zero-order valence-electron chi connectivity index (χ0n) is 13.7. The number of ether oxygens (including phenoxy) is 1. The van der Waals surface area contributed by atoms with Crippen LogP contribution in [0.2, 0.25) is 0 Å². The lowest BCUT2D eigenvalue weighted by Crippen LogP contribution is -2.13. The van der Waals surface area contributed by atoms with Crippen LogP contribution in [-0.2, 0) is 4.79 Å². The summed E-state index contributed by atoms with van der Waals surface area (Å²) in [6.45, 7) is 1.93. The zero-order valence-corrected chi connectivity index (χ0v) is 13.7. The summed E-state index contributed by atoms with van der Waals surface area (Å²) < 4.78 is 4.98. The van der Waals surface area contributed by atoms with E-state index >= 15 is 0 Å². The highest BCUT2D eigenvalue weighted by Crippen LogP contribution is 2.21. The Bertz CT molecular complexity index is 877. The van der Waals surface area contributed by atoms with Gasteiger partial charge in [-0.1, -0.05) is 23.8 Å². The van der Waals surface area contributed by atoms with E-state index in [9.17, 15) is 20.0 Å². The Kier molecular flexibility index (Phi) is 5.54. The van der Waals surface area contributed by atoms with Crippen LogP contribution in [0.15, 0.2) is 48.0 Å². The highest BCUT2D eigenvalue weighted by Gasteiger charge is 2.13. The number of methoxy groups -OCH3 is 1. The Morgan fingerprint density at radius 2 is 1.88 bits per heavy atom.